The van der Waals surface area contributed by atoms with Gasteiger partial charge in [-0.05, 0) is 32.3 Å². The molecule has 0 aliphatic heterocycles. The zero-order chi connectivity index (χ0) is 16.7. The number of nitrogens with zero attached hydrogens (tertiary/aromatic N) is 1. The van der Waals surface area contributed by atoms with E-state index in [4.69, 9.17) is 9.84 Å². The molecule has 1 aromatic heterocycles. The number of nitrogens with one attached hydrogen (secondary N) is 1. The van der Waals surface area contributed by atoms with Crippen LogP contribution in [0.25, 0.3) is 10.9 Å². The molecule has 5 heteroatoms. The maximum Gasteiger partial charge on any atom is 0.310 e. The molecule has 2 aromatic rings. The summed E-state index contributed by atoms with van der Waals surface area (Å²) in [6.07, 6.45) is 2.96. The summed E-state index contributed by atoms with van der Waals surface area (Å²) >= 11 is 0. The molecule has 0 unspecified atom stereocenters. The quantitative estimate of drug-likeness (QED) is 0.579. The van der Waals surface area contributed by atoms with Crippen LogP contribution in [-0.4, -0.2) is 36.3 Å². The minimum Gasteiger partial charge on any atom is -0.469 e. The lowest BCUT2D eigenvalue weighted by Crippen LogP contribution is -2.12. The van der Waals surface area contributed by atoms with Gasteiger partial charge >= 0.3 is 5.97 Å². The number of carbonyl (C=O) groups excluding carboxylic acids is 1. The fourth-order valence-electron chi connectivity index (χ4n) is 2.64. The highest BCUT2D eigenvalue weighted by molar-refractivity contribution is 5.95. The second-order valence-electron chi connectivity index (χ2n) is 5.53. The van der Waals surface area contributed by atoms with Crippen molar-refractivity contribution in [2.24, 2.45) is 0 Å². The fraction of sp³-hybridized carbons (Fsp3) is 0.444. The third-order valence-corrected chi connectivity index (χ3v) is 3.89. The number of aliphatic hydroxyl groups is 1. The average molecular weight is 316 g/mol. The van der Waals surface area contributed by atoms with E-state index < -0.39 is 0 Å². The number of para-hydroxylation sites is 1. The van der Waals surface area contributed by atoms with Crippen molar-refractivity contribution in [1.82, 2.24) is 4.98 Å². The van der Waals surface area contributed by atoms with Gasteiger partial charge in [-0.1, -0.05) is 18.2 Å². The molecule has 0 aliphatic carbocycles. The molecule has 0 fully saturated rings. The van der Waals surface area contributed by atoms with E-state index in [1.165, 1.54) is 7.11 Å². The van der Waals surface area contributed by atoms with E-state index in [0.717, 1.165) is 53.7 Å². The second-order valence-corrected chi connectivity index (χ2v) is 5.53. The van der Waals surface area contributed by atoms with E-state index in [-0.39, 0.29) is 19.0 Å². The van der Waals surface area contributed by atoms with Crippen molar-refractivity contribution in [2.45, 2.75) is 32.6 Å². The number of fused-ring (bicyclic) bond motifs is 1. The lowest BCUT2D eigenvalue weighted by atomic mass is 10.0. The maximum atomic E-state index is 11.7. The van der Waals surface area contributed by atoms with Crippen LogP contribution in [0.15, 0.2) is 24.3 Å². The predicted octanol–water partition coefficient (Wildman–Crippen LogP) is 2.83. The Morgan fingerprint density at radius 2 is 2.04 bits per heavy atom. The van der Waals surface area contributed by atoms with E-state index in [9.17, 15) is 4.79 Å². The van der Waals surface area contributed by atoms with Crippen LogP contribution < -0.4 is 5.32 Å². The molecule has 5 nitrogen and oxygen atoms in total. The normalized spacial score (nSPS) is 10.7. The number of rotatable bonds is 8. The molecule has 2 N–H and O–H groups in total. The minimum absolute atomic E-state index is 0.207. The van der Waals surface area contributed by atoms with Crippen LogP contribution in [0, 0.1) is 6.92 Å². The van der Waals surface area contributed by atoms with Gasteiger partial charge in [-0.25, -0.2) is 0 Å². The van der Waals surface area contributed by atoms with Crippen LogP contribution in [0.5, 0.6) is 0 Å². The summed E-state index contributed by atoms with van der Waals surface area (Å²) in [5.74, 6) is -0.270. The van der Waals surface area contributed by atoms with E-state index in [0.29, 0.717) is 0 Å². The number of benzene rings is 1. The lowest BCUT2D eigenvalue weighted by molar-refractivity contribution is -0.139. The van der Waals surface area contributed by atoms with Crippen molar-refractivity contribution in [2.75, 3.05) is 25.6 Å². The molecular formula is C18H24N2O3. The van der Waals surface area contributed by atoms with Crippen molar-refractivity contribution >= 4 is 22.6 Å². The average Bonchev–Trinajstić information content (AvgIpc) is 2.56. The molecule has 1 heterocycles. The standard InChI is InChI=1S/C18H24N2O3/c1-13-15(12-17(22)23-2)18(19-10-6-3-7-11-21)14-8-4-5-9-16(14)20-13/h4-5,8-9,21H,3,6-7,10-12H2,1-2H3,(H,19,20). The number of anilines is 1. The van der Waals surface area contributed by atoms with Crippen molar-refractivity contribution in [3.8, 4) is 0 Å². The van der Waals surface area contributed by atoms with Crippen molar-refractivity contribution in [3.63, 3.8) is 0 Å². The Bertz CT molecular complexity index is 671. The molecule has 0 aliphatic rings. The summed E-state index contributed by atoms with van der Waals surface area (Å²) in [5, 5.41) is 13.3. The maximum absolute atomic E-state index is 11.7. The Labute approximate surface area is 136 Å². The van der Waals surface area contributed by atoms with Gasteiger partial charge in [0.15, 0.2) is 0 Å². The molecule has 0 saturated carbocycles. The van der Waals surface area contributed by atoms with Crippen LogP contribution in [-0.2, 0) is 16.0 Å². The number of hydrogen-bond donors (Lipinski definition) is 2. The lowest BCUT2D eigenvalue weighted by Gasteiger charge is -2.16. The topological polar surface area (TPSA) is 71.5 Å². The Balaban J connectivity index is 2.31. The van der Waals surface area contributed by atoms with Gasteiger partial charge < -0.3 is 15.2 Å². The molecule has 0 saturated heterocycles. The summed E-state index contributed by atoms with van der Waals surface area (Å²) in [4.78, 5) is 16.3. The molecule has 124 valence electrons. The summed E-state index contributed by atoms with van der Waals surface area (Å²) in [7, 11) is 1.40. The molecule has 1 aromatic carbocycles. The van der Waals surface area contributed by atoms with Gasteiger partial charge in [0.05, 0.1) is 19.0 Å². The number of aryl methyl sites for hydroxylation is 1. The smallest absolute Gasteiger partial charge is 0.310 e. The largest absolute Gasteiger partial charge is 0.469 e. The van der Waals surface area contributed by atoms with Crippen LogP contribution in [0.3, 0.4) is 0 Å². The van der Waals surface area contributed by atoms with E-state index in [1.54, 1.807) is 0 Å². The molecule has 0 atom stereocenters. The predicted molar refractivity (Wildman–Crippen MR) is 91.6 cm³/mol. The molecule has 0 spiro atoms. The van der Waals surface area contributed by atoms with Crippen LogP contribution in [0.1, 0.15) is 30.5 Å². The number of aliphatic hydroxyl groups excluding tert-OH is 1. The van der Waals surface area contributed by atoms with Crippen LogP contribution in [0.4, 0.5) is 5.69 Å². The van der Waals surface area contributed by atoms with Gasteiger partial charge in [0.1, 0.15) is 0 Å². The molecule has 0 radical (unpaired) electrons. The number of ether oxygens (including phenoxy) is 1. The number of esters is 1. The Kier molecular flexibility index (Phi) is 6.35. The summed E-state index contributed by atoms with van der Waals surface area (Å²) in [6.45, 7) is 2.94. The zero-order valence-electron chi connectivity index (χ0n) is 13.8. The first-order valence-electron chi connectivity index (χ1n) is 7.97. The molecule has 23 heavy (non-hydrogen) atoms. The Hall–Kier alpha value is -2.14. The van der Waals surface area contributed by atoms with E-state index >= 15 is 0 Å². The summed E-state index contributed by atoms with van der Waals surface area (Å²) in [5.41, 5.74) is 3.60. The van der Waals surface area contributed by atoms with Gasteiger partial charge in [0.2, 0.25) is 0 Å². The Morgan fingerprint density at radius 3 is 2.78 bits per heavy atom. The zero-order valence-corrected chi connectivity index (χ0v) is 13.8. The monoisotopic (exact) mass is 316 g/mol. The first kappa shape index (κ1) is 17.2. The molecule has 0 amide bonds. The highest BCUT2D eigenvalue weighted by atomic mass is 16.5. The van der Waals surface area contributed by atoms with Gasteiger partial charge in [0.25, 0.3) is 0 Å². The SMILES string of the molecule is COC(=O)Cc1c(C)nc2ccccc2c1NCCCCCO. The number of pyridine rings is 1. The third kappa shape index (κ3) is 4.42. The van der Waals surface area contributed by atoms with Crippen molar-refractivity contribution in [3.05, 3.63) is 35.5 Å². The number of unbranched alkanes of at least 4 members (excludes halogenated alkanes) is 2. The minimum atomic E-state index is -0.270. The molecule has 0 bridgehead atoms. The molecular weight excluding hydrogens is 292 g/mol. The van der Waals surface area contributed by atoms with Gasteiger partial charge in [-0.3, -0.25) is 9.78 Å². The number of carbonyl (C=O) groups is 1. The van der Waals surface area contributed by atoms with E-state index in [2.05, 4.69) is 10.3 Å². The van der Waals surface area contributed by atoms with Crippen molar-refractivity contribution in [1.29, 1.82) is 0 Å². The van der Waals surface area contributed by atoms with E-state index in [1.807, 2.05) is 31.2 Å². The first-order valence-corrected chi connectivity index (χ1v) is 7.97. The van der Waals surface area contributed by atoms with Crippen LogP contribution in [0.2, 0.25) is 0 Å². The molecule has 2 rings (SSSR count). The summed E-state index contributed by atoms with van der Waals surface area (Å²) < 4.78 is 4.81. The van der Waals surface area contributed by atoms with Crippen LogP contribution >= 0.6 is 0 Å². The van der Waals surface area contributed by atoms with Gasteiger partial charge in [-0.2, -0.15) is 0 Å². The van der Waals surface area contributed by atoms with Gasteiger partial charge in [0, 0.05) is 35.5 Å². The highest BCUT2D eigenvalue weighted by Crippen LogP contribution is 2.29. The summed E-state index contributed by atoms with van der Waals surface area (Å²) in [6, 6.07) is 7.91. The number of hydrogen-bond acceptors (Lipinski definition) is 5. The third-order valence-electron chi connectivity index (χ3n) is 3.89. The number of methoxy groups -OCH3 is 1. The van der Waals surface area contributed by atoms with Gasteiger partial charge in [-0.15, -0.1) is 0 Å². The first-order chi connectivity index (χ1) is 11.2. The Morgan fingerprint density at radius 1 is 1.26 bits per heavy atom. The fourth-order valence-corrected chi connectivity index (χ4v) is 2.64. The highest BCUT2D eigenvalue weighted by Gasteiger charge is 2.15. The number of aromatic nitrogens is 1. The van der Waals surface area contributed by atoms with Crippen molar-refractivity contribution < 1.29 is 14.6 Å². The second kappa shape index (κ2) is 8.48.